The average molecular weight is 436 g/mol. The van der Waals surface area contributed by atoms with Crippen LogP contribution in [0, 0.1) is 0 Å². The van der Waals surface area contributed by atoms with E-state index in [0.29, 0.717) is 0 Å². The number of hydrogen-bond acceptors (Lipinski definition) is 8. The number of benzene rings is 1. The van der Waals surface area contributed by atoms with E-state index in [0.717, 1.165) is 86.7 Å². The molecule has 0 N–H and O–H groups in total. The fraction of sp³-hybridized carbons (Fsp3) is 0.417. The third-order valence-corrected chi connectivity index (χ3v) is 6.13. The molecule has 5 rings (SSSR count). The van der Waals surface area contributed by atoms with Crippen molar-refractivity contribution in [3.05, 3.63) is 54.4 Å². The van der Waals surface area contributed by atoms with Crippen molar-refractivity contribution >= 4 is 5.82 Å². The average Bonchev–Trinajstić information content (AvgIpc) is 3.51. The first-order valence-corrected chi connectivity index (χ1v) is 11.2. The first-order valence-electron chi connectivity index (χ1n) is 11.2. The van der Waals surface area contributed by atoms with E-state index in [4.69, 9.17) is 14.0 Å². The van der Waals surface area contributed by atoms with Gasteiger partial charge < -0.3 is 18.9 Å². The molecule has 2 aromatic heterocycles. The van der Waals surface area contributed by atoms with Crippen LogP contribution >= 0.6 is 0 Å². The van der Waals surface area contributed by atoms with E-state index in [1.165, 1.54) is 0 Å². The highest BCUT2D eigenvalue weighted by Gasteiger charge is 2.19. The molecular formula is C24H29N5O3. The fourth-order valence-corrected chi connectivity index (χ4v) is 4.17. The minimum absolute atomic E-state index is 0.270. The van der Waals surface area contributed by atoms with E-state index in [-0.39, 0.29) is 6.79 Å². The van der Waals surface area contributed by atoms with Crippen molar-refractivity contribution in [2.45, 2.75) is 13.5 Å². The summed E-state index contributed by atoms with van der Waals surface area (Å²) in [6.07, 6.45) is 1.86. The second-order valence-corrected chi connectivity index (χ2v) is 8.13. The van der Waals surface area contributed by atoms with Crippen LogP contribution in [0.15, 0.2) is 53.2 Å². The highest BCUT2D eigenvalue weighted by Crippen LogP contribution is 2.35. The van der Waals surface area contributed by atoms with Gasteiger partial charge in [0.1, 0.15) is 11.5 Å². The summed E-state index contributed by atoms with van der Waals surface area (Å²) in [7, 11) is 0. The van der Waals surface area contributed by atoms with Crippen LogP contribution in [0.5, 0.6) is 11.5 Å². The summed E-state index contributed by atoms with van der Waals surface area (Å²) in [5, 5.41) is 4.27. The second-order valence-electron chi connectivity index (χ2n) is 8.13. The Morgan fingerprint density at radius 3 is 2.69 bits per heavy atom. The van der Waals surface area contributed by atoms with Gasteiger partial charge in [-0.05, 0) is 36.9 Å². The molecule has 0 unspecified atom stereocenters. The smallest absolute Gasteiger partial charge is 0.231 e. The zero-order valence-electron chi connectivity index (χ0n) is 18.4. The van der Waals surface area contributed by atoms with Gasteiger partial charge in [-0.15, -0.1) is 0 Å². The zero-order chi connectivity index (χ0) is 21.8. The van der Waals surface area contributed by atoms with Crippen molar-refractivity contribution in [3.63, 3.8) is 0 Å². The van der Waals surface area contributed by atoms with Gasteiger partial charge in [0.15, 0.2) is 17.3 Å². The van der Waals surface area contributed by atoms with Crippen molar-refractivity contribution in [3.8, 4) is 22.8 Å². The number of aromatic nitrogens is 2. The number of anilines is 1. The molecule has 1 saturated heterocycles. The first kappa shape index (κ1) is 20.8. The molecule has 3 aromatic rings. The predicted octanol–water partition coefficient (Wildman–Crippen LogP) is 3.11. The summed E-state index contributed by atoms with van der Waals surface area (Å²) in [4.78, 5) is 11.8. The maximum Gasteiger partial charge on any atom is 0.231 e. The maximum atomic E-state index is 5.63. The maximum absolute atomic E-state index is 5.63. The van der Waals surface area contributed by atoms with Crippen molar-refractivity contribution in [1.82, 2.24) is 19.9 Å². The number of nitrogens with zero attached hydrogens (tertiary/aromatic N) is 5. The van der Waals surface area contributed by atoms with Crippen LogP contribution in [-0.4, -0.2) is 72.5 Å². The lowest BCUT2D eigenvalue weighted by molar-refractivity contribution is 0.174. The molecule has 2 aliphatic rings. The molecule has 0 saturated carbocycles. The lowest BCUT2D eigenvalue weighted by Crippen LogP contribution is -2.48. The number of pyridine rings is 1. The number of piperazine rings is 1. The molecule has 8 nitrogen and oxygen atoms in total. The Morgan fingerprint density at radius 2 is 1.88 bits per heavy atom. The van der Waals surface area contributed by atoms with E-state index in [1.54, 1.807) is 0 Å². The minimum Gasteiger partial charge on any atom is -0.454 e. The summed E-state index contributed by atoms with van der Waals surface area (Å²) in [5.74, 6) is 3.48. The number of rotatable bonds is 8. The summed E-state index contributed by atoms with van der Waals surface area (Å²) in [6, 6.07) is 14.0. The van der Waals surface area contributed by atoms with Crippen molar-refractivity contribution in [2.24, 2.45) is 0 Å². The van der Waals surface area contributed by atoms with Crippen molar-refractivity contribution < 1.29 is 14.0 Å². The van der Waals surface area contributed by atoms with Gasteiger partial charge in [0.25, 0.3) is 0 Å². The summed E-state index contributed by atoms with van der Waals surface area (Å²) >= 11 is 0. The lowest BCUT2D eigenvalue weighted by Gasteiger charge is -2.36. The minimum atomic E-state index is 0.270. The molecule has 0 aliphatic carbocycles. The van der Waals surface area contributed by atoms with E-state index >= 15 is 0 Å². The Balaban J connectivity index is 1.12. The number of fused-ring (bicyclic) bond motifs is 1. The van der Waals surface area contributed by atoms with Gasteiger partial charge in [-0.2, -0.15) is 0 Å². The van der Waals surface area contributed by atoms with Gasteiger partial charge in [0, 0.05) is 57.1 Å². The van der Waals surface area contributed by atoms with Crippen LogP contribution < -0.4 is 14.4 Å². The van der Waals surface area contributed by atoms with E-state index in [9.17, 15) is 0 Å². The molecule has 0 spiro atoms. The van der Waals surface area contributed by atoms with Gasteiger partial charge >= 0.3 is 0 Å². The first-order chi connectivity index (χ1) is 15.8. The Labute approximate surface area is 188 Å². The van der Waals surface area contributed by atoms with Crippen LogP contribution in [0.2, 0.25) is 0 Å². The van der Waals surface area contributed by atoms with Gasteiger partial charge in [-0.3, -0.25) is 9.80 Å². The molecule has 4 heterocycles. The third-order valence-electron chi connectivity index (χ3n) is 6.13. The SMILES string of the molecule is CCN(CCN1CCN(c2ccccn2)CC1)Cc1cc(-c2ccc3c(c2)OCO3)no1. The standard InChI is InChI=1S/C24H29N5O3/c1-2-27(9-10-28-11-13-29(14-12-28)24-5-3-4-8-25-24)17-20-16-21(26-32-20)19-6-7-22-23(15-19)31-18-30-22/h3-8,15-16H,2,9-14,17-18H2,1H3. The predicted molar refractivity (Wildman–Crippen MR) is 122 cm³/mol. The Morgan fingerprint density at radius 1 is 1.00 bits per heavy atom. The summed E-state index contributed by atoms with van der Waals surface area (Å²) in [6.45, 7) is 10.4. The fourth-order valence-electron chi connectivity index (χ4n) is 4.17. The normalized spacial score (nSPS) is 16.1. The molecule has 32 heavy (non-hydrogen) atoms. The molecule has 0 bridgehead atoms. The molecule has 0 atom stereocenters. The van der Waals surface area contributed by atoms with Crippen LogP contribution in [0.4, 0.5) is 5.82 Å². The van der Waals surface area contributed by atoms with Crippen LogP contribution in [0.25, 0.3) is 11.3 Å². The second kappa shape index (κ2) is 9.58. The van der Waals surface area contributed by atoms with E-state index < -0.39 is 0 Å². The highest BCUT2D eigenvalue weighted by atomic mass is 16.7. The lowest BCUT2D eigenvalue weighted by atomic mass is 10.1. The molecule has 2 aliphatic heterocycles. The summed E-state index contributed by atoms with van der Waals surface area (Å²) < 4.78 is 16.5. The third kappa shape index (κ3) is 4.71. The van der Waals surface area contributed by atoms with Gasteiger partial charge in [-0.25, -0.2) is 4.98 Å². The topological polar surface area (TPSA) is 67.1 Å². The van der Waals surface area contributed by atoms with E-state index in [2.05, 4.69) is 43.9 Å². The van der Waals surface area contributed by atoms with Crippen molar-refractivity contribution in [2.75, 3.05) is 57.5 Å². The molecule has 0 amide bonds. The molecule has 1 fully saturated rings. The number of hydrogen-bond donors (Lipinski definition) is 0. The largest absolute Gasteiger partial charge is 0.454 e. The van der Waals surface area contributed by atoms with Crippen LogP contribution in [-0.2, 0) is 6.54 Å². The van der Waals surface area contributed by atoms with Crippen molar-refractivity contribution in [1.29, 1.82) is 0 Å². The van der Waals surface area contributed by atoms with Crippen LogP contribution in [0.1, 0.15) is 12.7 Å². The molecule has 0 radical (unpaired) electrons. The van der Waals surface area contributed by atoms with Gasteiger partial charge in [0.2, 0.25) is 6.79 Å². The zero-order valence-corrected chi connectivity index (χ0v) is 18.4. The van der Waals surface area contributed by atoms with E-state index in [1.807, 2.05) is 36.5 Å². The summed E-state index contributed by atoms with van der Waals surface area (Å²) in [5.41, 5.74) is 1.79. The molecular weight excluding hydrogens is 406 g/mol. The highest BCUT2D eigenvalue weighted by molar-refractivity contribution is 5.64. The number of ether oxygens (including phenoxy) is 2. The van der Waals surface area contributed by atoms with Gasteiger partial charge in [0.05, 0.1) is 6.54 Å². The Bertz CT molecular complexity index is 1020. The van der Waals surface area contributed by atoms with Crippen LogP contribution in [0.3, 0.4) is 0 Å². The molecule has 168 valence electrons. The number of likely N-dealkylation sites (N-methyl/N-ethyl adjacent to an activating group) is 1. The molecule has 8 heteroatoms. The quantitative estimate of drug-likeness (QED) is 0.535. The Hall–Kier alpha value is -3.10. The monoisotopic (exact) mass is 435 g/mol. The molecule has 1 aromatic carbocycles. The Kier molecular flexibility index (Phi) is 6.22. The van der Waals surface area contributed by atoms with Gasteiger partial charge in [-0.1, -0.05) is 18.1 Å².